The van der Waals surface area contributed by atoms with E-state index < -0.39 is 12.0 Å². The number of hydrogen-bond acceptors (Lipinski definition) is 5. The second-order valence-electron chi connectivity index (χ2n) is 11.5. The van der Waals surface area contributed by atoms with Crippen molar-refractivity contribution in [1.82, 2.24) is 4.90 Å². The monoisotopic (exact) mass is 530 g/mol. The van der Waals surface area contributed by atoms with Gasteiger partial charge in [0.1, 0.15) is 10.9 Å². The van der Waals surface area contributed by atoms with Crippen LogP contribution in [-0.2, 0) is 14.3 Å². The quantitative estimate of drug-likeness (QED) is 0.481. The van der Waals surface area contributed by atoms with Crippen LogP contribution < -0.4 is 4.90 Å². The Labute approximate surface area is 225 Å². The molecule has 1 aliphatic heterocycles. The third-order valence-corrected chi connectivity index (χ3v) is 8.52. The topological polar surface area (TPSA) is 87.2 Å². The van der Waals surface area contributed by atoms with Gasteiger partial charge >= 0.3 is 5.97 Å². The van der Waals surface area contributed by atoms with E-state index >= 15 is 0 Å². The molecule has 1 aromatic rings. The fourth-order valence-electron chi connectivity index (χ4n) is 5.17. The summed E-state index contributed by atoms with van der Waals surface area (Å²) in [6.07, 6.45) is 5.56. The van der Waals surface area contributed by atoms with Crippen LogP contribution in [0.1, 0.15) is 92.8 Å². The molecule has 1 aromatic heterocycles. The maximum absolute atomic E-state index is 14.2. The number of aromatic carboxylic acids is 1. The molecule has 1 N–H and O–H groups in total. The Hall–Kier alpha value is -2.37. The molecule has 2 heterocycles. The third-order valence-electron chi connectivity index (χ3n) is 7.33. The number of likely N-dealkylation sites (tertiary alicyclic amines) is 1. The maximum Gasteiger partial charge on any atom is 0.348 e. The Morgan fingerprint density at radius 1 is 1.16 bits per heavy atom. The van der Waals surface area contributed by atoms with Gasteiger partial charge in [-0.2, -0.15) is 0 Å². The van der Waals surface area contributed by atoms with Gasteiger partial charge in [-0.05, 0) is 78.6 Å². The summed E-state index contributed by atoms with van der Waals surface area (Å²) < 4.78 is 5.23. The molecule has 37 heavy (non-hydrogen) atoms. The second kappa shape index (κ2) is 12.4. The molecule has 1 unspecified atom stereocenters. The molecule has 0 spiro atoms. The molecule has 0 radical (unpaired) electrons. The summed E-state index contributed by atoms with van der Waals surface area (Å²) in [6.45, 7) is 11.5. The number of amides is 2. The van der Waals surface area contributed by atoms with Gasteiger partial charge in [-0.1, -0.05) is 18.8 Å². The normalized spacial score (nSPS) is 22.7. The lowest BCUT2D eigenvalue weighted by Crippen LogP contribution is -2.53. The highest BCUT2D eigenvalue weighted by Crippen LogP contribution is 2.40. The molecule has 1 aliphatic carbocycles. The lowest BCUT2D eigenvalue weighted by Gasteiger charge is -2.37. The number of carbonyl (C=O) groups is 3. The Balaban J connectivity index is 2.15. The molecule has 2 fully saturated rings. The van der Waals surface area contributed by atoms with Gasteiger partial charge in [-0.3, -0.25) is 14.5 Å². The number of carboxylic acids is 1. The van der Waals surface area contributed by atoms with Crippen molar-refractivity contribution in [3.63, 3.8) is 0 Å². The van der Waals surface area contributed by atoms with Crippen LogP contribution in [0, 0.1) is 36.0 Å². The van der Waals surface area contributed by atoms with E-state index in [0.29, 0.717) is 48.2 Å². The van der Waals surface area contributed by atoms with Crippen molar-refractivity contribution < 1.29 is 24.2 Å². The van der Waals surface area contributed by atoms with Crippen LogP contribution in [0.3, 0.4) is 0 Å². The molecule has 2 amide bonds. The highest BCUT2D eigenvalue weighted by molar-refractivity contribution is 7.15. The van der Waals surface area contributed by atoms with E-state index in [-0.39, 0.29) is 28.0 Å². The van der Waals surface area contributed by atoms with E-state index in [1.54, 1.807) is 16.9 Å². The third kappa shape index (κ3) is 7.14. The van der Waals surface area contributed by atoms with Gasteiger partial charge < -0.3 is 14.7 Å². The number of methoxy groups -OCH3 is 1. The van der Waals surface area contributed by atoms with Crippen LogP contribution in [-0.4, -0.2) is 60.6 Å². The lowest BCUT2D eigenvalue weighted by atomic mass is 9.82. The number of carbonyl (C=O) groups excluding carboxylic acids is 2. The number of thiophene rings is 1. The zero-order valence-corrected chi connectivity index (χ0v) is 24.0. The average molecular weight is 531 g/mol. The largest absolute Gasteiger partial charge is 0.477 e. The molecule has 3 rings (SSSR count). The fraction of sp³-hybridized carbons (Fsp3) is 0.690. The predicted octanol–water partition coefficient (Wildman–Crippen LogP) is 5.34. The standard InChI is InChI=1S/C29H42N2O5S/c1-19-10-12-21(13-11-19)26(32)31(22-9-7-8-16-30(27(22)33)17-18-36-6)24-20(2)23(14-15-29(3,4)5)37-25(24)28(34)35/h19,21-22H,7-13,16-18H2,1-6H3,(H,34,35). The summed E-state index contributed by atoms with van der Waals surface area (Å²) in [6, 6.07) is -0.735. The van der Waals surface area contributed by atoms with Gasteiger partial charge in [0, 0.05) is 37.1 Å². The summed E-state index contributed by atoms with van der Waals surface area (Å²) in [5.74, 6) is 5.36. The Kier molecular flexibility index (Phi) is 9.82. The maximum atomic E-state index is 14.2. The Morgan fingerprint density at radius 2 is 1.84 bits per heavy atom. The molecular weight excluding hydrogens is 488 g/mol. The SMILES string of the molecule is COCCN1CCCCC(N(C(=O)C2CCC(C)CC2)c2c(C(=O)O)sc(C#CC(C)(C)C)c2C)C1=O. The lowest BCUT2D eigenvalue weighted by molar-refractivity contribution is -0.135. The molecule has 0 bridgehead atoms. The molecule has 8 heteroatoms. The smallest absolute Gasteiger partial charge is 0.348 e. The summed E-state index contributed by atoms with van der Waals surface area (Å²) in [7, 11) is 1.60. The van der Waals surface area contributed by atoms with Gasteiger partial charge in [0.05, 0.1) is 17.2 Å². The van der Waals surface area contributed by atoms with Gasteiger partial charge in [-0.15, -0.1) is 11.3 Å². The number of rotatable bonds is 7. The molecule has 1 saturated carbocycles. The van der Waals surface area contributed by atoms with Crippen LogP contribution >= 0.6 is 11.3 Å². The Bertz CT molecular complexity index is 1050. The van der Waals surface area contributed by atoms with Crippen molar-refractivity contribution >= 4 is 34.8 Å². The number of carboxylic acid groups (broad SMARTS) is 1. The molecule has 204 valence electrons. The van der Waals surface area contributed by atoms with Crippen LogP contribution in [0.15, 0.2) is 0 Å². The Morgan fingerprint density at radius 3 is 2.43 bits per heavy atom. The number of nitrogens with zero attached hydrogens (tertiary/aromatic N) is 2. The molecule has 7 nitrogen and oxygen atoms in total. The van der Waals surface area contributed by atoms with Gasteiger partial charge in [0.2, 0.25) is 11.8 Å². The van der Waals surface area contributed by atoms with E-state index in [9.17, 15) is 19.5 Å². The van der Waals surface area contributed by atoms with Crippen molar-refractivity contribution in [3.8, 4) is 11.8 Å². The van der Waals surface area contributed by atoms with Crippen molar-refractivity contribution in [2.45, 2.75) is 85.6 Å². The first-order valence-electron chi connectivity index (χ1n) is 13.4. The summed E-state index contributed by atoms with van der Waals surface area (Å²) in [5, 5.41) is 10.2. The van der Waals surface area contributed by atoms with Crippen molar-refractivity contribution in [2.75, 3.05) is 31.7 Å². The van der Waals surface area contributed by atoms with E-state index in [4.69, 9.17) is 4.74 Å². The van der Waals surface area contributed by atoms with Crippen molar-refractivity contribution in [3.05, 3.63) is 15.3 Å². The molecule has 0 aromatic carbocycles. The summed E-state index contributed by atoms with van der Waals surface area (Å²) in [5.41, 5.74) is 0.761. The average Bonchev–Trinajstić information content (AvgIpc) is 3.05. The summed E-state index contributed by atoms with van der Waals surface area (Å²) >= 11 is 1.10. The highest BCUT2D eigenvalue weighted by atomic mass is 32.1. The number of hydrogen-bond donors (Lipinski definition) is 1. The second-order valence-corrected chi connectivity index (χ2v) is 12.6. The van der Waals surface area contributed by atoms with Gasteiger partial charge in [0.15, 0.2) is 0 Å². The number of ether oxygens (including phenoxy) is 1. The van der Waals surface area contributed by atoms with E-state index in [1.165, 1.54) is 0 Å². The molecule has 1 atom stereocenters. The van der Waals surface area contributed by atoms with Crippen molar-refractivity contribution in [1.29, 1.82) is 0 Å². The van der Waals surface area contributed by atoms with Gasteiger partial charge in [0.25, 0.3) is 0 Å². The first-order valence-corrected chi connectivity index (χ1v) is 14.3. The van der Waals surface area contributed by atoms with Crippen LogP contribution in [0.4, 0.5) is 5.69 Å². The minimum Gasteiger partial charge on any atom is -0.477 e. The minimum absolute atomic E-state index is 0.0775. The molecular formula is C29H42N2O5S. The fourth-order valence-corrected chi connectivity index (χ4v) is 6.17. The van der Waals surface area contributed by atoms with E-state index in [2.05, 4.69) is 18.8 Å². The van der Waals surface area contributed by atoms with Crippen LogP contribution in [0.25, 0.3) is 0 Å². The highest BCUT2D eigenvalue weighted by Gasteiger charge is 2.41. The zero-order valence-electron chi connectivity index (χ0n) is 23.2. The van der Waals surface area contributed by atoms with Gasteiger partial charge in [-0.25, -0.2) is 4.79 Å². The van der Waals surface area contributed by atoms with Crippen molar-refractivity contribution in [2.24, 2.45) is 17.3 Å². The summed E-state index contributed by atoms with van der Waals surface area (Å²) in [4.78, 5) is 44.7. The first-order chi connectivity index (χ1) is 17.4. The zero-order chi connectivity index (χ0) is 27.3. The number of anilines is 1. The van der Waals surface area contributed by atoms with E-state index in [0.717, 1.165) is 49.9 Å². The minimum atomic E-state index is -1.10. The predicted molar refractivity (Wildman–Crippen MR) is 147 cm³/mol. The van der Waals surface area contributed by atoms with E-state index in [1.807, 2.05) is 27.7 Å². The molecule has 1 saturated heterocycles. The first kappa shape index (κ1) is 29.2. The molecule has 2 aliphatic rings. The van der Waals surface area contributed by atoms with Crippen LogP contribution in [0.5, 0.6) is 0 Å². The van der Waals surface area contributed by atoms with Crippen LogP contribution in [0.2, 0.25) is 0 Å².